The Hall–Kier alpha value is -1.38. The first-order valence-corrected chi connectivity index (χ1v) is 5.54. The number of aryl methyl sites for hydroxylation is 2. The molecule has 0 aromatic carbocycles. The quantitative estimate of drug-likeness (QED) is 0.662. The van der Waals surface area contributed by atoms with Crippen LogP contribution in [-0.4, -0.2) is 14.4 Å². The van der Waals surface area contributed by atoms with Crippen molar-refractivity contribution in [3.8, 4) is 0 Å². The third-order valence-electron chi connectivity index (χ3n) is 1.81. The average molecular weight is 207 g/mol. The summed E-state index contributed by atoms with van der Waals surface area (Å²) in [6.45, 7) is 12.0. The largest absolute Gasteiger partial charge is 0.301 e. The Morgan fingerprint density at radius 3 is 2.20 bits per heavy atom. The molecule has 0 bridgehead atoms. The van der Waals surface area contributed by atoms with E-state index < -0.39 is 0 Å². The molecular weight excluding hydrogens is 186 g/mol. The Bertz CT molecular complexity index is 355. The van der Waals surface area contributed by atoms with Gasteiger partial charge in [0.25, 0.3) is 0 Å². The van der Waals surface area contributed by atoms with Gasteiger partial charge in [-0.05, 0) is 13.8 Å². The second-order valence-electron chi connectivity index (χ2n) is 2.58. The lowest BCUT2D eigenvalue weighted by Gasteiger charge is -1.92. The molecule has 0 N–H and O–H groups in total. The Labute approximate surface area is 92.2 Å². The van der Waals surface area contributed by atoms with E-state index in [-0.39, 0.29) is 0 Å². The molecule has 0 saturated carbocycles. The van der Waals surface area contributed by atoms with Gasteiger partial charge in [0.15, 0.2) is 0 Å². The van der Waals surface area contributed by atoms with E-state index in [2.05, 4.69) is 9.97 Å². The molecule has 0 aliphatic carbocycles. The van der Waals surface area contributed by atoms with Crippen LogP contribution in [0.15, 0.2) is 18.6 Å². The third kappa shape index (κ3) is 3.05. The zero-order chi connectivity index (χ0) is 11.8. The zero-order valence-electron chi connectivity index (χ0n) is 10.6. The molecule has 3 nitrogen and oxygen atoms in total. The molecule has 0 saturated heterocycles. The molecule has 0 fully saturated rings. The first-order valence-electron chi connectivity index (χ1n) is 5.54. The van der Waals surface area contributed by atoms with Crippen molar-refractivity contribution >= 4 is 5.52 Å². The van der Waals surface area contributed by atoms with Crippen molar-refractivity contribution in [2.45, 2.75) is 41.5 Å². The van der Waals surface area contributed by atoms with Crippen molar-refractivity contribution in [3.05, 3.63) is 30.1 Å². The van der Waals surface area contributed by atoms with Gasteiger partial charge in [-0.1, -0.05) is 27.7 Å². The van der Waals surface area contributed by atoms with Crippen molar-refractivity contribution in [2.24, 2.45) is 0 Å². The molecular formula is C12H21N3. The molecule has 0 atom stereocenters. The number of rotatable bonds is 0. The Balaban J connectivity index is 0.000000442. The van der Waals surface area contributed by atoms with Crippen LogP contribution in [0.5, 0.6) is 0 Å². The molecule has 0 spiro atoms. The van der Waals surface area contributed by atoms with E-state index in [4.69, 9.17) is 0 Å². The molecule has 0 radical (unpaired) electrons. The summed E-state index contributed by atoms with van der Waals surface area (Å²) in [5.74, 6) is 1.01. The van der Waals surface area contributed by atoms with Crippen LogP contribution in [0.2, 0.25) is 0 Å². The minimum atomic E-state index is 1.01. The maximum absolute atomic E-state index is 4.31. The SMILES string of the molecule is CC.CC.Cc1nc(C)n2ccncc12. The van der Waals surface area contributed by atoms with E-state index in [0.29, 0.717) is 0 Å². The second-order valence-corrected chi connectivity index (χ2v) is 2.58. The van der Waals surface area contributed by atoms with E-state index in [1.807, 2.05) is 58.3 Å². The number of hydrogen-bond donors (Lipinski definition) is 0. The standard InChI is InChI=1S/C8H9N3.2C2H6/c1-6-8-5-9-3-4-11(8)7(2)10-6;2*1-2/h3-5H,1-2H3;2*1-2H3. The van der Waals surface area contributed by atoms with Gasteiger partial charge >= 0.3 is 0 Å². The molecule has 2 rings (SSSR count). The monoisotopic (exact) mass is 207 g/mol. The van der Waals surface area contributed by atoms with Gasteiger partial charge in [0.05, 0.1) is 17.4 Å². The van der Waals surface area contributed by atoms with Crippen LogP contribution in [0.3, 0.4) is 0 Å². The number of nitrogens with zero attached hydrogens (tertiary/aromatic N) is 3. The maximum atomic E-state index is 4.31. The highest BCUT2D eigenvalue weighted by Gasteiger charge is 2.01. The summed E-state index contributed by atoms with van der Waals surface area (Å²) in [5.41, 5.74) is 2.13. The molecule has 2 heterocycles. The lowest BCUT2D eigenvalue weighted by molar-refractivity contribution is 1.02. The van der Waals surface area contributed by atoms with Gasteiger partial charge in [-0.3, -0.25) is 4.98 Å². The van der Waals surface area contributed by atoms with Crippen LogP contribution < -0.4 is 0 Å². The molecule has 0 aliphatic rings. The normalized spacial score (nSPS) is 8.67. The number of hydrogen-bond acceptors (Lipinski definition) is 2. The topological polar surface area (TPSA) is 30.2 Å². The molecule has 0 amide bonds. The van der Waals surface area contributed by atoms with Gasteiger partial charge in [-0.25, -0.2) is 4.98 Å². The van der Waals surface area contributed by atoms with Gasteiger partial charge in [-0.2, -0.15) is 0 Å². The summed E-state index contributed by atoms with van der Waals surface area (Å²) in [4.78, 5) is 8.34. The van der Waals surface area contributed by atoms with Crippen LogP contribution in [0.1, 0.15) is 39.2 Å². The Kier molecular flexibility index (Phi) is 6.34. The van der Waals surface area contributed by atoms with E-state index in [9.17, 15) is 0 Å². The Morgan fingerprint density at radius 2 is 1.67 bits per heavy atom. The molecule has 15 heavy (non-hydrogen) atoms. The van der Waals surface area contributed by atoms with E-state index in [1.54, 1.807) is 6.20 Å². The fraction of sp³-hybridized carbons (Fsp3) is 0.500. The van der Waals surface area contributed by atoms with Crippen LogP contribution in [0, 0.1) is 13.8 Å². The molecule has 0 unspecified atom stereocenters. The first-order chi connectivity index (χ1) is 7.29. The molecule has 2 aromatic rings. The van der Waals surface area contributed by atoms with Crippen molar-refractivity contribution in [1.29, 1.82) is 0 Å². The molecule has 0 aliphatic heterocycles. The van der Waals surface area contributed by atoms with Crippen molar-refractivity contribution < 1.29 is 0 Å². The first kappa shape index (κ1) is 13.6. The van der Waals surface area contributed by atoms with Crippen molar-refractivity contribution in [2.75, 3.05) is 0 Å². The van der Waals surface area contributed by atoms with Gasteiger partial charge in [0.1, 0.15) is 5.82 Å². The lowest BCUT2D eigenvalue weighted by atomic mass is 10.4. The lowest BCUT2D eigenvalue weighted by Crippen LogP contribution is -1.86. The molecule has 84 valence electrons. The summed E-state index contributed by atoms with van der Waals surface area (Å²) in [7, 11) is 0. The van der Waals surface area contributed by atoms with Gasteiger partial charge in [-0.15, -0.1) is 0 Å². The average Bonchev–Trinajstić information content (AvgIpc) is 2.61. The fourth-order valence-electron chi connectivity index (χ4n) is 1.27. The summed E-state index contributed by atoms with van der Waals surface area (Å²) < 4.78 is 2.03. The maximum Gasteiger partial charge on any atom is 0.110 e. The van der Waals surface area contributed by atoms with E-state index >= 15 is 0 Å². The zero-order valence-corrected chi connectivity index (χ0v) is 10.6. The third-order valence-corrected chi connectivity index (χ3v) is 1.81. The Morgan fingerprint density at radius 1 is 1.07 bits per heavy atom. The van der Waals surface area contributed by atoms with E-state index in [1.165, 1.54) is 0 Å². The van der Waals surface area contributed by atoms with Crippen LogP contribution >= 0.6 is 0 Å². The summed E-state index contributed by atoms with van der Waals surface area (Å²) in [6, 6.07) is 0. The molecule has 3 heteroatoms. The minimum absolute atomic E-state index is 1.01. The predicted octanol–water partition coefficient (Wildman–Crippen LogP) is 3.40. The summed E-state index contributed by atoms with van der Waals surface area (Å²) in [5, 5.41) is 0. The minimum Gasteiger partial charge on any atom is -0.301 e. The highest BCUT2D eigenvalue weighted by Crippen LogP contribution is 2.08. The second kappa shape index (κ2) is 6.98. The fourth-order valence-corrected chi connectivity index (χ4v) is 1.27. The number of fused-ring (bicyclic) bond motifs is 1. The van der Waals surface area contributed by atoms with Gasteiger partial charge in [0, 0.05) is 12.4 Å². The number of aromatic nitrogens is 3. The van der Waals surface area contributed by atoms with Crippen LogP contribution in [0.25, 0.3) is 5.52 Å². The smallest absolute Gasteiger partial charge is 0.110 e. The van der Waals surface area contributed by atoms with Gasteiger partial charge < -0.3 is 4.40 Å². The summed E-state index contributed by atoms with van der Waals surface area (Å²) >= 11 is 0. The van der Waals surface area contributed by atoms with E-state index in [0.717, 1.165) is 17.0 Å². The number of imidazole rings is 1. The molecule has 2 aromatic heterocycles. The van der Waals surface area contributed by atoms with Gasteiger partial charge in [0.2, 0.25) is 0 Å². The van der Waals surface area contributed by atoms with Crippen LogP contribution in [-0.2, 0) is 0 Å². The van der Waals surface area contributed by atoms with Crippen molar-refractivity contribution in [1.82, 2.24) is 14.4 Å². The highest BCUT2D eigenvalue weighted by atomic mass is 15.0. The predicted molar refractivity (Wildman–Crippen MR) is 65.2 cm³/mol. The van der Waals surface area contributed by atoms with Crippen molar-refractivity contribution in [3.63, 3.8) is 0 Å². The highest BCUT2D eigenvalue weighted by molar-refractivity contribution is 5.50. The van der Waals surface area contributed by atoms with Crippen LogP contribution in [0.4, 0.5) is 0 Å². The summed E-state index contributed by atoms with van der Waals surface area (Å²) in [6.07, 6.45) is 5.52.